The third kappa shape index (κ3) is 2.56. The van der Waals surface area contributed by atoms with E-state index in [4.69, 9.17) is 21.1 Å². The van der Waals surface area contributed by atoms with E-state index in [9.17, 15) is 13.2 Å². The maximum absolute atomic E-state index is 12.2. The summed E-state index contributed by atoms with van der Waals surface area (Å²) >= 11 is 5.97. The van der Waals surface area contributed by atoms with Crippen molar-refractivity contribution >= 4 is 27.4 Å². The minimum atomic E-state index is -3.83. The number of carboxylic acids is 1. The summed E-state index contributed by atoms with van der Waals surface area (Å²) < 4.78 is 30.5. The molecule has 0 radical (unpaired) electrons. The molecule has 2 aromatic heterocycles. The van der Waals surface area contributed by atoms with Gasteiger partial charge in [-0.05, 0) is 19.1 Å². The number of hydrogen-bond donors (Lipinski definition) is 1. The Labute approximate surface area is 119 Å². The van der Waals surface area contributed by atoms with Gasteiger partial charge >= 0.3 is 5.97 Å². The molecule has 0 amide bonds. The highest BCUT2D eigenvalue weighted by atomic mass is 35.5. The van der Waals surface area contributed by atoms with Crippen LogP contribution in [0.25, 0.3) is 0 Å². The zero-order valence-electron chi connectivity index (χ0n) is 10.6. The van der Waals surface area contributed by atoms with Crippen molar-refractivity contribution in [2.45, 2.75) is 17.8 Å². The first kappa shape index (κ1) is 14.6. The Morgan fingerprint density at radius 2 is 2.15 bits per heavy atom. The first-order valence-electron chi connectivity index (χ1n) is 5.46. The predicted molar refractivity (Wildman–Crippen MR) is 69.5 cm³/mol. The van der Waals surface area contributed by atoms with E-state index in [1.54, 1.807) is 14.0 Å². The fraction of sp³-hybridized carbons (Fsp3) is 0.273. The molecule has 0 bridgehead atoms. The lowest BCUT2D eigenvalue weighted by molar-refractivity contribution is 0.0656. The second-order valence-corrected chi connectivity index (χ2v) is 6.44. The summed E-state index contributed by atoms with van der Waals surface area (Å²) in [6.45, 7) is 1.64. The van der Waals surface area contributed by atoms with Crippen molar-refractivity contribution in [3.8, 4) is 0 Å². The van der Waals surface area contributed by atoms with Crippen LogP contribution in [-0.4, -0.2) is 29.3 Å². The summed E-state index contributed by atoms with van der Waals surface area (Å²) in [6.07, 6.45) is 0. The van der Waals surface area contributed by atoms with Crippen LogP contribution in [0, 0.1) is 6.92 Å². The highest BCUT2D eigenvalue weighted by molar-refractivity contribution is 7.90. The molecule has 2 rings (SSSR count). The van der Waals surface area contributed by atoms with Gasteiger partial charge in [0.2, 0.25) is 20.7 Å². The lowest BCUT2D eigenvalue weighted by atomic mass is 10.3. The van der Waals surface area contributed by atoms with Crippen LogP contribution in [0.3, 0.4) is 0 Å². The second-order valence-electron chi connectivity index (χ2n) is 4.16. The van der Waals surface area contributed by atoms with Gasteiger partial charge in [0.15, 0.2) is 0 Å². The summed E-state index contributed by atoms with van der Waals surface area (Å²) in [6, 6.07) is 2.20. The predicted octanol–water partition coefficient (Wildman–Crippen LogP) is 1.65. The standard InChI is InChI=1S/C11H11ClN2O5S/c1-6-7(10(12)14(2)13-6)5-20(17,18)9-4-3-8(19-9)11(15)16/h3-4H,5H2,1-2H3,(H,15,16). The van der Waals surface area contributed by atoms with Gasteiger partial charge in [-0.1, -0.05) is 11.6 Å². The number of carboxylic acid groups (broad SMARTS) is 1. The zero-order valence-corrected chi connectivity index (χ0v) is 12.2. The average Bonchev–Trinajstić information content (AvgIpc) is 2.92. The van der Waals surface area contributed by atoms with Crippen molar-refractivity contribution in [3.05, 3.63) is 34.3 Å². The molecule has 0 aliphatic rings. The number of rotatable bonds is 4. The number of carbonyl (C=O) groups is 1. The first-order valence-corrected chi connectivity index (χ1v) is 7.49. The monoisotopic (exact) mass is 318 g/mol. The van der Waals surface area contributed by atoms with Crippen molar-refractivity contribution in [2.75, 3.05) is 0 Å². The van der Waals surface area contributed by atoms with Crippen molar-refractivity contribution in [2.24, 2.45) is 7.05 Å². The van der Waals surface area contributed by atoms with Crippen LogP contribution >= 0.6 is 11.6 Å². The average molecular weight is 319 g/mol. The van der Waals surface area contributed by atoms with Gasteiger partial charge in [-0.2, -0.15) is 5.10 Å². The molecule has 0 unspecified atom stereocenters. The van der Waals surface area contributed by atoms with E-state index in [1.165, 1.54) is 4.68 Å². The quantitative estimate of drug-likeness (QED) is 0.919. The molecule has 2 heterocycles. The molecule has 0 spiro atoms. The number of aryl methyl sites for hydroxylation is 2. The van der Waals surface area contributed by atoms with Gasteiger partial charge < -0.3 is 9.52 Å². The highest BCUT2D eigenvalue weighted by Crippen LogP contribution is 2.25. The molecule has 1 N–H and O–H groups in total. The topological polar surface area (TPSA) is 102 Å². The normalized spacial score (nSPS) is 11.8. The van der Waals surface area contributed by atoms with Crippen LogP contribution in [0.15, 0.2) is 21.6 Å². The van der Waals surface area contributed by atoms with Gasteiger partial charge in [0, 0.05) is 12.6 Å². The van der Waals surface area contributed by atoms with Gasteiger partial charge in [-0.3, -0.25) is 4.68 Å². The molecular formula is C11H11ClN2O5S. The maximum atomic E-state index is 12.2. The van der Waals surface area contributed by atoms with E-state index in [2.05, 4.69) is 5.10 Å². The zero-order chi connectivity index (χ0) is 15.1. The van der Waals surface area contributed by atoms with Crippen LogP contribution in [0.5, 0.6) is 0 Å². The number of aromatic carboxylic acids is 1. The Morgan fingerprint density at radius 1 is 1.50 bits per heavy atom. The Morgan fingerprint density at radius 3 is 2.60 bits per heavy atom. The SMILES string of the molecule is Cc1nn(C)c(Cl)c1CS(=O)(=O)c1ccc(C(=O)O)o1. The first-order chi connectivity index (χ1) is 9.22. The Bertz CT molecular complexity index is 775. The van der Waals surface area contributed by atoms with E-state index in [1.807, 2.05) is 0 Å². The number of halogens is 1. The molecule has 0 aliphatic carbocycles. The molecule has 7 nitrogen and oxygen atoms in total. The minimum Gasteiger partial charge on any atom is -0.475 e. The van der Waals surface area contributed by atoms with E-state index in [-0.39, 0.29) is 5.15 Å². The lowest BCUT2D eigenvalue weighted by Crippen LogP contribution is -2.05. The number of furan rings is 1. The molecule has 0 atom stereocenters. The van der Waals surface area contributed by atoms with Crippen molar-refractivity contribution in [1.82, 2.24) is 9.78 Å². The molecule has 0 aromatic carbocycles. The van der Waals surface area contributed by atoms with Crippen molar-refractivity contribution in [1.29, 1.82) is 0 Å². The van der Waals surface area contributed by atoms with Crippen LogP contribution in [0.2, 0.25) is 5.15 Å². The van der Waals surface area contributed by atoms with Crippen molar-refractivity contribution < 1.29 is 22.7 Å². The van der Waals surface area contributed by atoms with Gasteiger partial charge in [0.25, 0.3) is 0 Å². The largest absolute Gasteiger partial charge is 0.475 e. The van der Waals surface area contributed by atoms with Crippen LogP contribution in [0.1, 0.15) is 21.8 Å². The number of hydrogen-bond acceptors (Lipinski definition) is 5. The van der Waals surface area contributed by atoms with Gasteiger partial charge in [0.05, 0.1) is 11.4 Å². The van der Waals surface area contributed by atoms with Crippen LogP contribution in [-0.2, 0) is 22.6 Å². The maximum Gasteiger partial charge on any atom is 0.371 e. The minimum absolute atomic E-state index is 0.219. The molecule has 0 fully saturated rings. The van der Waals surface area contributed by atoms with Crippen LogP contribution < -0.4 is 0 Å². The van der Waals surface area contributed by atoms with E-state index < -0.39 is 32.4 Å². The van der Waals surface area contributed by atoms with E-state index >= 15 is 0 Å². The number of sulfone groups is 1. The Kier molecular flexibility index (Phi) is 3.61. The van der Waals surface area contributed by atoms with Crippen molar-refractivity contribution in [3.63, 3.8) is 0 Å². The second kappa shape index (κ2) is 4.95. The molecule has 9 heteroatoms. The molecule has 2 aromatic rings. The molecule has 108 valence electrons. The molecule has 0 saturated carbocycles. The molecule has 0 saturated heterocycles. The smallest absolute Gasteiger partial charge is 0.371 e. The van der Waals surface area contributed by atoms with E-state index in [0.29, 0.717) is 11.3 Å². The summed E-state index contributed by atoms with van der Waals surface area (Å²) in [4.78, 5) is 10.7. The fourth-order valence-electron chi connectivity index (χ4n) is 1.70. The third-order valence-electron chi connectivity index (χ3n) is 2.70. The summed E-state index contributed by atoms with van der Waals surface area (Å²) in [5.74, 6) is -2.17. The lowest BCUT2D eigenvalue weighted by Gasteiger charge is -2.01. The number of nitrogens with zero attached hydrogens (tertiary/aromatic N) is 2. The summed E-state index contributed by atoms with van der Waals surface area (Å²) in [7, 11) is -2.23. The summed E-state index contributed by atoms with van der Waals surface area (Å²) in [5, 5.41) is 12.6. The van der Waals surface area contributed by atoms with Gasteiger partial charge in [0.1, 0.15) is 5.15 Å². The highest BCUT2D eigenvalue weighted by Gasteiger charge is 2.25. The molecule has 20 heavy (non-hydrogen) atoms. The van der Waals surface area contributed by atoms with Gasteiger partial charge in [-0.15, -0.1) is 0 Å². The molecule has 0 aliphatic heterocycles. The Balaban J connectivity index is 2.38. The number of aromatic nitrogens is 2. The van der Waals surface area contributed by atoms with Gasteiger partial charge in [-0.25, -0.2) is 13.2 Å². The third-order valence-corrected chi connectivity index (χ3v) is 4.68. The van der Waals surface area contributed by atoms with E-state index in [0.717, 1.165) is 12.1 Å². The van der Waals surface area contributed by atoms with Crippen LogP contribution in [0.4, 0.5) is 0 Å². The fourth-order valence-corrected chi connectivity index (χ4v) is 3.38. The Hall–Kier alpha value is -1.80. The summed E-state index contributed by atoms with van der Waals surface area (Å²) in [5.41, 5.74) is 0.855. The molecular weight excluding hydrogens is 308 g/mol.